The second kappa shape index (κ2) is 5.98. The van der Waals surface area contributed by atoms with E-state index >= 15 is 0 Å². The predicted octanol–water partition coefficient (Wildman–Crippen LogP) is 2.51. The van der Waals surface area contributed by atoms with Crippen molar-refractivity contribution >= 4 is 33.9 Å². The van der Waals surface area contributed by atoms with E-state index in [4.69, 9.17) is 4.74 Å². The van der Waals surface area contributed by atoms with Gasteiger partial charge in [-0.3, -0.25) is 0 Å². The molecule has 0 fully saturated rings. The summed E-state index contributed by atoms with van der Waals surface area (Å²) in [4.78, 5) is 11.7. The number of hydrogen-bond donors (Lipinski definition) is 1. The Bertz CT molecular complexity index is 823. The zero-order valence-electron chi connectivity index (χ0n) is 11.0. The number of hydrogen-bond acceptors (Lipinski definition) is 5. The van der Waals surface area contributed by atoms with Crippen LogP contribution in [0, 0.1) is 9.81 Å². The zero-order valence-corrected chi connectivity index (χ0v) is 14.0. The van der Waals surface area contributed by atoms with Crippen LogP contribution in [0.5, 0.6) is 5.75 Å². The molecule has 2 heterocycles. The molecule has 0 bridgehead atoms. The van der Waals surface area contributed by atoms with Crippen LogP contribution in [0.1, 0.15) is 11.1 Å². The van der Waals surface area contributed by atoms with E-state index in [0.29, 0.717) is 12.3 Å². The Balaban J connectivity index is 1.90. The van der Waals surface area contributed by atoms with Crippen LogP contribution in [0.15, 0.2) is 34.4 Å². The van der Waals surface area contributed by atoms with Gasteiger partial charge in [0.2, 0.25) is 0 Å². The molecule has 2 aromatic heterocycles. The van der Waals surface area contributed by atoms with Gasteiger partial charge in [0, 0.05) is 10.9 Å². The Labute approximate surface area is 137 Å². The van der Waals surface area contributed by atoms with Gasteiger partial charge in [-0.2, -0.15) is 4.68 Å². The lowest BCUT2D eigenvalue weighted by Crippen LogP contribution is -2.17. The minimum absolute atomic E-state index is 0.360. The molecule has 0 unspecified atom stereocenters. The molecule has 0 radical (unpaired) electrons. The largest absolute Gasteiger partial charge is 0.488 e. The summed E-state index contributed by atoms with van der Waals surface area (Å²) in [7, 11) is 0. The third-order valence-corrected chi connectivity index (χ3v) is 5.19. The zero-order chi connectivity index (χ0) is 14.8. The fourth-order valence-corrected chi connectivity index (χ4v) is 3.46. The molecule has 6 nitrogen and oxygen atoms in total. The first-order valence-electron chi connectivity index (χ1n) is 6.12. The molecule has 3 rings (SSSR count). The molecule has 0 spiro atoms. The number of tetrazole rings is 1. The summed E-state index contributed by atoms with van der Waals surface area (Å²) >= 11 is 3.78. The molecule has 108 valence electrons. The minimum atomic E-state index is -0.360. The van der Waals surface area contributed by atoms with Crippen molar-refractivity contribution in [3.63, 3.8) is 0 Å². The van der Waals surface area contributed by atoms with E-state index < -0.39 is 0 Å². The number of para-hydroxylation sites is 1. The van der Waals surface area contributed by atoms with Gasteiger partial charge in [-0.15, -0.1) is 11.3 Å². The van der Waals surface area contributed by atoms with Gasteiger partial charge >= 0.3 is 5.69 Å². The molecular formula is C13H11IN4O2S. The summed E-state index contributed by atoms with van der Waals surface area (Å²) in [6.07, 6.45) is 0. The first-order valence-corrected chi connectivity index (χ1v) is 8.07. The minimum Gasteiger partial charge on any atom is -0.488 e. The van der Waals surface area contributed by atoms with Crippen LogP contribution >= 0.6 is 33.9 Å². The Kier molecular flexibility index (Phi) is 4.06. The summed E-state index contributed by atoms with van der Waals surface area (Å²) in [5.74, 6) is 0.831. The maximum atomic E-state index is 11.7. The van der Waals surface area contributed by atoms with E-state index in [-0.39, 0.29) is 5.69 Å². The second-order valence-electron chi connectivity index (χ2n) is 4.35. The van der Waals surface area contributed by atoms with Gasteiger partial charge in [-0.1, -0.05) is 18.2 Å². The van der Waals surface area contributed by atoms with Crippen molar-refractivity contribution in [1.29, 1.82) is 0 Å². The summed E-state index contributed by atoms with van der Waals surface area (Å²) in [6.45, 7) is 2.37. The van der Waals surface area contributed by atoms with Crippen LogP contribution in [0.2, 0.25) is 0 Å². The number of H-pyrrole nitrogens is 1. The summed E-state index contributed by atoms with van der Waals surface area (Å²) in [5, 5.41) is 11.5. The highest BCUT2D eigenvalue weighted by atomic mass is 127. The van der Waals surface area contributed by atoms with Gasteiger partial charge in [-0.25, -0.2) is 9.89 Å². The van der Waals surface area contributed by atoms with E-state index in [9.17, 15) is 4.79 Å². The van der Waals surface area contributed by atoms with Crippen molar-refractivity contribution in [3.05, 3.63) is 54.1 Å². The van der Waals surface area contributed by atoms with E-state index in [2.05, 4.69) is 38.1 Å². The Morgan fingerprint density at radius 2 is 2.24 bits per heavy atom. The first-order chi connectivity index (χ1) is 10.2. The Morgan fingerprint density at radius 3 is 2.95 bits per heavy atom. The van der Waals surface area contributed by atoms with E-state index in [1.807, 2.05) is 36.6 Å². The van der Waals surface area contributed by atoms with Crippen LogP contribution in [-0.2, 0) is 6.61 Å². The molecule has 3 aromatic rings. The smallest absolute Gasteiger partial charge is 0.365 e. The summed E-state index contributed by atoms with van der Waals surface area (Å²) < 4.78 is 8.18. The van der Waals surface area contributed by atoms with Crippen molar-refractivity contribution in [2.45, 2.75) is 13.5 Å². The molecule has 0 aliphatic heterocycles. The third kappa shape index (κ3) is 2.86. The van der Waals surface area contributed by atoms with Crippen LogP contribution in [0.3, 0.4) is 0 Å². The number of benzene rings is 1. The van der Waals surface area contributed by atoms with Crippen molar-refractivity contribution < 1.29 is 4.74 Å². The lowest BCUT2D eigenvalue weighted by atomic mass is 10.2. The lowest BCUT2D eigenvalue weighted by molar-refractivity contribution is 0.303. The highest BCUT2D eigenvalue weighted by Crippen LogP contribution is 2.28. The average molecular weight is 414 g/mol. The molecule has 0 saturated carbocycles. The summed E-state index contributed by atoms with van der Waals surface area (Å²) in [6, 6.07) is 7.83. The number of aromatic amines is 1. The topological polar surface area (TPSA) is 72.8 Å². The van der Waals surface area contributed by atoms with E-state index in [1.54, 1.807) is 11.3 Å². The fraction of sp³-hybridized carbons (Fsp3) is 0.154. The van der Waals surface area contributed by atoms with Crippen molar-refractivity contribution in [2.24, 2.45) is 0 Å². The number of halogens is 1. The maximum Gasteiger partial charge on any atom is 0.365 e. The Morgan fingerprint density at radius 1 is 1.43 bits per heavy atom. The number of thiophene rings is 1. The lowest BCUT2D eigenvalue weighted by Gasteiger charge is -2.09. The molecule has 21 heavy (non-hydrogen) atoms. The highest BCUT2D eigenvalue weighted by Gasteiger charge is 2.15. The molecule has 1 aromatic carbocycles. The standard InChI is InChI=1S/C13H11IN4O2S/c1-8-4-2-3-5-11(8)20-6-9-10(7-21-12(9)14)18-13(19)15-16-17-18/h2-5,7H,6H2,1H3,(H,15,17,19). The van der Waals surface area contributed by atoms with E-state index in [1.165, 1.54) is 4.68 Å². The summed E-state index contributed by atoms with van der Waals surface area (Å²) in [5.41, 5.74) is 2.35. The molecule has 0 saturated heterocycles. The number of aromatic nitrogens is 4. The molecule has 0 atom stereocenters. The third-order valence-electron chi connectivity index (χ3n) is 2.99. The van der Waals surface area contributed by atoms with Gasteiger partial charge in [0.25, 0.3) is 0 Å². The Hall–Kier alpha value is -1.68. The number of nitrogens with zero attached hydrogens (tertiary/aromatic N) is 3. The fourth-order valence-electron chi connectivity index (χ4n) is 1.88. The molecular weight excluding hydrogens is 403 g/mol. The first kappa shape index (κ1) is 14.3. The molecule has 8 heteroatoms. The van der Waals surface area contributed by atoms with Crippen LogP contribution in [0.4, 0.5) is 0 Å². The quantitative estimate of drug-likeness (QED) is 0.666. The maximum absolute atomic E-state index is 11.7. The van der Waals surface area contributed by atoms with Gasteiger partial charge in [0.05, 0.1) is 8.57 Å². The average Bonchev–Trinajstić information content (AvgIpc) is 3.04. The SMILES string of the molecule is Cc1ccccc1OCc1c(-n2nn[nH]c2=O)csc1I. The van der Waals surface area contributed by atoms with Crippen LogP contribution < -0.4 is 10.4 Å². The second-order valence-corrected chi connectivity index (χ2v) is 7.04. The number of aryl methyl sites for hydroxylation is 1. The van der Waals surface area contributed by atoms with Gasteiger partial charge in [0.1, 0.15) is 12.4 Å². The normalized spacial score (nSPS) is 10.8. The van der Waals surface area contributed by atoms with Crippen LogP contribution in [-0.4, -0.2) is 20.2 Å². The van der Waals surface area contributed by atoms with Crippen LogP contribution in [0.25, 0.3) is 5.69 Å². The highest BCUT2D eigenvalue weighted by molar-refractivity contribution is 14.1. The predicted molar refractivity (Wildman–Crippen MR) is 88.1 cm³/mol. The van der Waals surface area contributed by atoms with Gasteiger partial charge in [0.15, 0.2) is 0 Å². The van der Waals surface area contributed by atoms with Gasteiger partial charge in [-0.05, 0) is 51.6 Å². The van der Waals surface area contributed by atoms with E-state index in [0.717, 1.165) is 19.8 Å². The van der Waals surface area contributed by atoms with Crippen molar-refractivity contribution in [3.8, 4) is 11.4 Å². The number of nitrogens with one attached hydrogen (secondary N) is 1. The molecule has 0 amide bonds. The monoisotopic (exact) mass is 414 g/mol. The number of rotatable bonds is 4. The molecule has 0 aliphatic carbocycles. The van der Waals surface area contributed by atoms with Crippen molar-refractivity contribution in [1.82, 2.24) is 20.2 Å². The van der Waals surface area contributed by atoms with Crippen molar-refractivity contribution in [2.75, 3.05) is 0 Å². The molecule has 1 N–H and O–H groups in total. The molecule has 0 aliphatic rings. The van der Waals surface area contributed by atoms with Gasteiger partial charge < -0.3 is 4.74 Å². The number of ether oxygens (including phenoxy) is 1.